The summed E-state index contributed by atoms with van der Waals surface area (Å²) in [6, 6.07) is 6.35. The van der Waals surface area contributed by atoms with Crippen LogP contribution in [0.2, 0.25) is 5.02 Å². The number of nitrogens with zero attached hydrogens (tertiary/aromatic N) is 4. The van der Waals surface area contributed by atoms with Crippen LogP contribution in [-0.2, 0) is 16.6 Å². The topological polar surface area (TPSA) is 58.4 Å². The summed E-state index contributed by atoms with van der Waals surface area (Å²) in [4.78, 5) is 6.64. The highest BCUT2D eigenvalue weighted by Gasteiger charge is 2.28. The molecule has 1 aliphatic rings. The predicted molar refractivity (Wildman–Crippen MR) is 93.5 cm³/mol. The van der Waals surface area contributed by atoms with E-state index in [2.05, 4.69) is 14.5 Å². The van der Waals surface area contributed by atoms with Crippen molar-refractivity contribution in [1.29, 1.82) is 0 Å². The average Bonchev–Trinajstić information content (AvgIpc) is 3.09. The largest absolute Gasteiger partial charge is 0.337 e. The second-order valence-corrected chi connectivity index (χ2v) is 8.23. The molecular weight excluding hydrogens is 348 g/mol. The maximum Gasteiger partial charge on any atom is 0.243 e. The molecule has 0 radical (unpaired) electrons. The van der Waals surface area contributed by atoms with Crippen LogP contribution in [0.3, 0.4) is 0 Å². The smallest absolute Gasteiger partial charge is 0.243 e. The number of aromatic nitrogens is 2. The molecule has 0 bridgehead atoms. The minimum atomic E-state index is -3.42. The molecule has 0 unspecified atom stereocenters. The second kappa shape index (κ2) is 7.65. The van der Waals surface area contributed by atoms with Crippen LogP contribution >= 0.6 is 11.6 Å². The molecule has 0 aliphatic carbocycles. The molecule has 1 fully saturated rings. The van der Waals surface area contributed by atoms with Gasteiger partial charge in [-0.05, 0) is 37.2 Å². The van der Waals surface area contributed by atoms with Crippen LogP contribution in [0.1, 0.15) is 6.42 Å². The Morgan fingerprint density at radius 3 is 2.38 bits per heavy atom. The zero-order chi connectivity index (χ0) is 17.0. The van der Waals surface area contributed by atoms with Crippen LogP contribution in [0.25, 0.3) is 0 Å². The Morgan fingerprint density at radius 1 is 1.04 bits per heavy atom. The highest BCUT2D eigenvalue weighted by molar-refractivity contribution is 7.89. The van der Waals surface area contributed by atoms with Gasteiger partial charge in [-0.3, -0.25) is 0 Å². The summed E-state index contributed by atoms with van der Waals surface area (Å²) in [5.74, 6) is 0. The number of halogens is 1. The van der Waals surface area contributed by atoms with Crippen molar-refractivity contribution < 1.29 is 8.42 Å². The van der Waals surface area contributed by atoms with Gasteiger partial charge in [-0.1, -0.05) is 11.6 Å². The number of sulfonamides is 1. The van der Waals surface area contributed by atoms with E-state index in [0.29, 0.717) is 23.0 Å². The van der Waals surface area contributed by atoms with Crippen LogP contribution in [-0.4, -0.2) is 59.9 Å². The summed E-state index contributed by atoms with van der Waals surface area (Å²) in [5, 5.41) is 0.539. The number of imidazole rings is 1. The summed E-state index contributed by atoms with van der Waals surface area (Å²) in [7, 11) is -3.42. The van der Waals surface area contributed by atoms with Gasteiger partial charge in [0, 0.05) is 50.1 Å². The molecule has 6 nitrogen and oxygen atoms in total. The van der Waals surface area contributed by atoms with Gasteiger partial charge < -0.3 is 9.47 Å². The molecule has 3 rings (SSSR count). The fourth-order valence-corrected chi connectivity index (χ4v) is 4.39. The number of hydrogen-bond acceptors (Lipinski definition) is 4. The first-order valence-corrected chi connectivity index (χ1v) is 9.81. The average molecular weight is 369 g/mol. The maximum absolute atomic E-state index is 12.6. The zero-order valence-electron chi connectivity index (χ0n) is 13.4. The molecule has 2 heterocycles. The van der Waals surface area contributed by atoms with E-state index in [1.807, 2.05) is 12.5 Å². The molecule has 1 aromatic carbocycles. The third-order valence-electron chi connectivity index (χ3n) is 4.23. The Hall–Kier alpha value is -1.41. The predicted octanol–water partition coefficient (Wildman–Crippen LogP) is 1.93. The van der Waals surface area contributed by atoms with Gasteiger partial charge in [-0.25, -0.2) is 13.4 Å². The summed E-state index contributed by atoms with van der Waals surface area (Å²) in [6.45, 7) is 4.47. The van der Waals surface area contributed by atoms with Crippen LogP contribution in [0.4, 0.5) is 0 Å². The van der Waals surface area contributed by atoms with E-state index in [4.69, 9.17) is 11.6 Å². The lowest BCUT2D eigenvalue weighted by molar-refractivity contribution is 0.184. The molecule has 0 atom stereocenters. The minimum absolute atomic E-state index is 0.306. The van der Waals surface area contributed by atoms with Crippen molar-refractivity contribution in [3.8, 4) is 0 Å². The first-order valence-electron chi connectivity index (χ1n) is 7.99. The molecular formula is C16H21ClN4O2S. The van der Waals surface area contributed by atoms with Crippen molar-refractivity contribution in [3.63, 3.8) is 0 Å². The Bertz CT molecular complexity index is 739. The monoisotopic (exact) mass is 368 g/mol. The molecule has 0 amide bonds. The van der Waals surface area contributed by atoms with Crippen molar-refractivity contribution >= 4 is 21.6 Å². The van der Waals surface area contributed by atoms with Crippen LogP contribution in [0.5, 0.6) is 0 Å². The third-order valence-corrected chi connectivity index (χ3v) is 6.40. The van der Waals surface area contributed by atoms with Gasteiger partial charge in [-0.15, -0.1) is 0 Å². The molecule has 2 aromatic rings. The molecule has 1 saturated heterocycles. The lowest BCUT2D eigenvalue weighted by Gasteiger charge is -2.34. The Balaban J connectivity index is 1.50. The quantitative estimate of drug-likeness (QED) is 0.781. The van der Waals surface area contributed by atoms with Crippen molar-refractivity contribution in [2.75, 3.05) is 32.7 Å². The van der Waals surface area contributed by atoms with Gasteiger partial charge >= 0.3 is 0 Å². The van der Waals surface area contributed by atoms with Gasteiger partial charge in [0.15, 0.2) is 0 Å². The van der Waals surface area contributed by atoms with Crippen molar-refractivity contribution in [2.45, 2.75) is 17.9 Å². The number of aryl methyl sites for hydroxylation is 1. The molecule has 8 heteroatoms. The highest BCUT2D eigenvalue weighted by atomic mass is 35.5. The Morgan fingerprint density at radius 2 is 1.75 bits per heavy atom. The van der Waals surface area contributed by atoms with E-state index in [-0.39, 0.29) is 0 Å². The van der Waals surface area contributed by atoms with Gasteiger partial charge in [0.2, 0.25) is 10.0 Å². The van der Waals surface area contributed by atoms with Gasteiger partial charge in [0.25, 0.3) is 0 Å². The first-order chi connectivity index (χ1) is 11.6. The first kappa shape index (κ1) is 17.4. The van der Waals surface area contributed by atoms with E-state index in [9.17, 15) is 8.42 Å². The number of piperazine rings is 1. The van der Waals surface area contributed by atoms with Crippen molar-refractivity contribution in [1.82, 2.24) is 18.8 Å². The molecule has 0 spiro atoms. The standard InChI is InChI=1S/C16H21ClN4O2S/c17-15-2-4-16(5-3-15)24(22,23)21-12-10-19(11-13-21)7-1-8-20-9-6-18-14-20/h2-6,9,14H,1,7-8,10-13H2. The fraction of sp³-hybridized carbons (Fsp3) is 0.438. The summed E-state index contributed by atoms with van der Waals surface area (Å²) in [6.07, 6.45) is 6.58. The maximum atomic E-state index is 12.6. The van der Waals surface area contributed by atoms with E-state index in [0.717, 1.165) is 32.6 Å². The molecule has 130 valence electrons. The number of benzene rings is 1. The molecule has 0 saturated carbocycles. The lowest BCUT2D eigenvalue weighted by Crippen LogP contribution is -2.48. The summed E-state index contributed by atoms with van der Waals surface area (Å²) >= 11 is 5.83. The minimum Gasteiger partial charge on any atom is -0.337 e. The third kappa shape index (κ3) is 4.16. The highest BCUT2D eigenvalue weighted by Crippen LogP contribution is 2.19. The SMILES string of the molecule is O=S(=O)(c1ccc(Cl)cc1)N1CCN(CCCn2ccnc2)CC1. The van der Waals surface area contributed by atoms with E-state index in [1.165, 1.54) is 0 Å². The van der Waals surface area contributed by atoms with E-state index < -0.39 is 10.0 Å². The van der Waals surface area contributed by atoms with Crippen LogP contribution in [0.15, 0.2) is 47.9 Å². The Labute approximate surface area is 147 Å². The normalized spacial score (nSPS) is 17.2. The second-order valence-electron chi connectivity index (χ2n) is 5.85. The van der Waals surface area contributed by atoms with Gasteiger partial charge in [-0.2, -0.15) is 4.31 Å². The lowest BCUT2D eigenvalue weighted by atomic mass is 10.3. The molecule has 1 aromatic heterocycles. The van der Waals surface area contributed by atoms with Gasteiger partial charge in [0.05, 0.1) is 11.2 Å². The molecule has 24 heavy (non-hydrogen) atoms. The molecule has 1 aliphatic heterocycles. The fourth-order valence-electron chi connectivity index (χ4n) is 2.85. The number of rotatable bonds is 6. The van der Waals surface area contributed by atoms with Crippen molar-refractivity contribution in [2.24, 2.45) is 0 Å². The number of hydrogen-bond donors (Lipinski definition) is 0. The summed E-state index contributed by atoms with van der Waals surface area (Å²) < 4.78 is 28.9. The van der Waals surface area contributed by atoms with E-state index in [1.54, 1.807) is 34.8 Å². The Kier molecular flexibility index (Phi) is 5.55. The van der Waals surface area contributed by atoms with Gasteiger partial charge in [0.1, 0.15) is 0 Å². The zero-order valence-corrected chi connectivity index (χ0v) is 15.0. The van der Waals surface area contributed by atoms with Crippen molar-refractivity contribution in [3.05, 3.63) is 48.0 Å². The molecule has 0 N–H and O–H groups in total. The van der Waals surface area contributed by atoms with Crippen LogP contribution in [0, 0.1) is 0 Å². The van der Waals surface area contributed by atoms with Crippen LogP contribution < -0.4 is 0 Å². The van der Waals surface area contributed by atoms with E-state index >= 15 is 0 Å². The summed E-state index contributed by atoms with van der Waals surface area (Å²) in [5.41, 5.74) is 0.